The molecule has 0 bridgehead atoms. The van der Waals surface area contributed by atoms with E-state index in [0.29, 0.717) is 11.8 Å². The molecule has 2 N–H and O–H groups in total. The second-order valence-electron chi connectivity index (χ2n) is 6.38. The standard InChI is InChI=1S/C18H18ClNO2S/c1-11-10-18-13(12-5-6-14(21)15(22)9-12)3-2-4-16(18)20(19)8-7-17(18)23-11/h2-7,9,11,13,21-22H,8,10H2,1H3. The van der Waals surface area contributed by atoms with Crippen molar-refractivity contribution in [2.24, 2.45) is 5.41 Å². The van der Waals surface area contributed by atoms with Gasteiger partial charge in [-0.2, -0.15) is 0 Å². The highest BCUT2D eigenvalue weighted by atomic mass is 35.5. The molecule has 1 fully saturated rings. The highest BCUT2D eigenvalue weighted by Crippen LogP contribution is 2.65. The zero-order chi connectivity index (χ0) is 16.2. The first-order chi connectivity index (χ1) is 11.0. The molecule has 0 amide bonds. The fourth-order valence-corrected chi connectivity index (χ4v) is 5.83. The Morgan fingerprint density at radius 1 is 1.30 bits per heavy atom. The van der Waals surface area contributed by atoms with Crippen LogP contribution in [0.1, 0.15) is 24.8 Å². The van der Waals surface area contributed by atoms with Crippen molar-refractivity contribution in [3.63, 3.8) is 0 Å². The van der Waals surface area contributed by atoms with E-state index in [-0.39, 0.29) is 22.8 Å². The molecule has 1 aliphatic carbocycles. The second-order valence-corrected chi connectivity index (χ2v) is 8.27. The number of phenols is 2. The van der Waals surface area contributed by atoms with E-state index >= 15 is 0 Å². The molecule has 1 saturated heterocycles. The summed E-state index contributed by atoms with van der Waals surface area (Å²) < 4.78 is 1.80. The summed E-state index contributed by atoms with van der Waals surface area (Å²) in [6, 6.07) is 5.12. The van der Waals surface area contributed by atoms with Gasteiger partial charge < -0.3 is 10.2 Å². The minimum atomic E-state index is -0.164. The van der Waals surface area contributed by atoms with Gasteiger partial charge in [-0.3, -0.25) is 4.42 Å². The quantitative estimate of drug-likeness (QED) is 0.580. The fourth-order valence-electron chi connectivity index (χ4n) is 4.08. The molecule has 1 aromatic rings. The molecule has 0 radical (unpaired) electrons. The molecule has 3 aliphatic rings. The number of allylic oxidation sites excluding steroid dienone is 4. The summed E-state index contributed by atoms with van der Waals surface area (Å²) in [4.78, 5) is 1.37. The third-order valence-corrected chi connectivity index (χ3v) is 6.65. The third-order valence-electron chi connectivity index (χ3n) is 4.98. The van der Waals surface area contributed by atoms with E-state index in [2.05, 4.69) is 25.2 Å². The molecule has 3 unspecified atom stereocenters. The Kier molecular flexibility index (Phi) is 3.43. The van der Waals surface area contributed by atoms with Crippen LogP contribution in [0.5, 0.6) is 11.5 Å². The van der Waals surface area contributed by atoms with Crippen molar-refractivity contribution in [2.45, 2.75) is 24.5 Å². The first kappa shape index (κ1) is 15.0. The number of benzene rings is 1. The maximum atomic E-state index is 9.92. The molecule has 3 atom stereocenters. The first-order valence-electron chi connectivity index (χ1n) is 7.74. The van der Waals surface area contributed by atoms with Crippen LogP contribution in [-0.2, 0) is 0 Å². The summed E-state index contributed by atoms with van der Waals surface area (Å²) in [6.07, 6.45) is 9.56. The van der Waals surface area contributed by atoms with Crippen molar-refractivity contribution < 1.29 is 10.2 Å². The van der Waals surface area contributed by atoms with E-state index in [9.17, 15) is 10.2 Å². The molecule has 3 nitrogen and oxygen atoms in total. The van der Waals surface area contributed by atoms with Gasteiger partial charge in [0.1, 0.15) is 0 Å². The Morgan fingerprint density at radius 3 is 2.91 bits per heavy atom. The Balaban J connectivity index is 1.89. The van der Waals surface area contributed by atoms with Crippen LogP contribution in [0.2, 0.25) is 0 Å². The van der Waals surface area contributed by atoms with Crippen LogP contribution in [0, 0.1) is 5.41 Å². The van der Waals surface area contributed by atoms with Crippen molar-refractivity contribution in [3.8, 4) is 11.5 Å². The highest BCUT2D eigenvalue weighted by molar-refractivity contribution is 8.04. The molecular formula is C18H18ClNO2S. The van der Waals surface area contributed by atoms with E-state index in [1.165, 1.54) is 4.91 Å². The zero-order valence-electron chi connectivity index (χ0n) is 12.7. The molecular weight excluding hydrogens is 330 g/mol. The van der Waals surface area contributed by atoms with Crippen LogP contribution in [0.3, 0.4) is 0 Å². The zero-order valence-corrected chi connectivity index (χ0v) is 14.3. The van der Waals surface area contributed by atoms with Crippen LogP contribution in [0.4, 0.5) is 0 Å². The Labute approximate surface area is 145 Å². The summed E-state index contributed by atoms with van der Waals surface area (Å²) in [7, 11) is 0. The number of aromatic hydroxyl groups is 2. The fraction of sp³-hybridized carbons (Fsp3) is 0.333. The average Bonchev–Trinajstić information content (AvgIpc) is 2.85. The number of thioether (sulfide) groups is 1. The van der Waals surface area contributed by atoms with Gasteiger partial charge in [0.15, 0.2) is 11.5 Å². The molecule has 4 rings (SSSR count). The van der Waals surface area contributed by atoms with Gasteiger partial charge in [0.25, 0.3) is 0 Å². The van der Waals surface area contributed by atoms with Crippen LogP contribution in [-0.4, -0.2) is 26.4 Å². The lowest BCUT2D eigenvalue weighted by Gasteiger charge is -2.46. The summed E-state index contributed by atoms with van der Waals surface area (Å²) in [5, 5.41) is 20.1. The van der Waals surface area contributed by atoms with Gasteiger partial charge in [0, 0.05) is 28.6 Å². The first-order valence-corrected chi connectivity index (χ1v) is 8.95. The highest BCUT2D eigenvalue weighted by Gasteiger charge is 2.54. The maximum Gasteiger partial charge on any atom is 0.157 e. The van der Waals surface area contributed by atoms with Gasteiger partial charge in [-0.05, 0) is 35.1 Å². The number of rotatable bonds is 1. The van der Waals surface area contributed by atoms with Gasteiger partial charge in [-0.15, -0.1) is 11.8 Å². The number of phenolic OH excluding ortho intramolecular Hbond substituents is 2. The van der Waals surface area contributed by atoms with Gasteiger partial charge in [-0.1, -0.05) is 31.2 Å². The normalized spacial score (nSPS) is 32.2. The third kappa shape index (κ3) is 2.12. The lowest BCUT2D eigenvalue weighted by molar-refractivity contribution is 0.303. The lowest BCUT2D eigenvalue weighted by Crippen LogP contribution is -2.39. The summed E-state index contributed by atoms with van der Waals surface area (Å²) in [6.45, 7) is 2.96. The van der Waals surface area contributed by atoms with E-state index in [1.54, 1.807) is 16.6 Å². The topological polar surface area (TPSA) is 43.7 Å². The monoisotopic (exact) mass is 347 g/mol. The predicted molar refractivity (Wildman–Crippen MR) is 94.5 cm³/mol. The largest absolute Gasteiger partial charge is 0.504 e. The maximum absolute atomic E-state index is 9.92. The molecule has 0 saturated carbocycles. The molecule has 1 aromatic carbocycles. The summed E-state index contributed by atoms with van der Waals surface area (Å²) >= 11 is 8.42. The van der Waals surface area contributed by atoms with Gasteiger partial charge in [-0.25, -0.2) is 0 Å². The van der Waals surface area contributed by atoms with E-state index in [0.717, 1.165) is 17.7 Å². The van der Waals surface area contributed by atoms with Crippen molar-refractivity contribution in [3.05, 3.63) is 58.7 Å². The molecule has 23 heavy (non-hydrogen) atoms. The minimum absolute atomic E-state index is 0.0776. The van der Waals surface area contributed by atoms with Crippen molar-refractivity contribution >= 4 is 23.5 Å². The average molecular weight is 348 g/mol. The molecule has 2 heterocycles. The Bertz CT molecular complexity index is 757. The van der Waals surface area contributed by atoms with E-state index < -0.39 is 0 Å². The SMILES string of the molecule is CC1CC23C(=CCN(Cl)C2=CC=CC3c2ccc(O)c(O)c2)S1. The Morgan fingerprint density at radius 2 is 2.13 bits per heavy atom. The molecule has 2 aliphatic heterocycles. The van der Waals surface area contributed by atoms with Crippen LogP contribution >= 0.6 is 23.5 Å². The number of nitrogens with zero attached hydrogens (tertiary/aromatic N) is 1. The molecule has 0 aromatic heterocycles. The predicted octanol–water partition coefficient (Wildman–Crippen LogP) is 4.50. The Hall–Kier alpha value is -1.52. The van der Waals surface area contributed by atoms with E-state index in [4.69, 9.17) is 11.8 Å². The van der Waals surface area contributed by atoms with Crippen LogP contribution < -0.4 is 0 Å². The molecule has 1 spiro atoms. The van der Waals surface area contributed by atoms with E-state index in [1.807, 2.05) is 23.9 Å². The number of hydrogen-bond acceptors (Lipinski definition) is 4. The lowest BCUT2D eigenvalue weighted by atomic mass is 9.64. The van der Waals surface area contributed by atoms with Crippen molar-refractivity contribution in [1.29, 1.82) is 0 Å². The smallest absolute Gasteiger partial charge is 0.157 e. The van der Waals surface area contributed by atoms with Crippen LogP contribution in [0.25, 0.3) is 0 Å². The van der Waals surface area contributed by atoms with Gasteiger partial charge in [0.2, 0.25) is 0 Å². The van der Waals surface area contributed by atoms with Gasteiger partial charge >= 0.3 is 0 Å². The number of hydrogen-bond donors (Lipinski definition) is 2. The van der Waals surface area contributed by atoms with Crippen LogP contribution in [0.15, 0.2) is 53.1 Å². The summed E-state index contributed by atoms with van der Waals surface area (Å²) in [5.74, 6) is -0.0697. The minimum Gasteiger partial charge on any atom is -0.504 e. The molecule has 120 valence electrons. The van der Waals surface area contributed by atoms with Crippen molar-refractivity contribution in [1.82, 2.24) is 4.42 Å². The van der Waals surface area contributed by atoms with Crippen molar-refractivity contribution in [2.75, 3.05) is 6.54 Å². The summed E-state index contributed by atoms with van der Waals surface area (Å²) in [5.41, 5.74) is 1.96. The van der Waals surface area contributed by atoms with Gasteiger partial charge in [0.05, 0.1) is 12.0 Å². The number of halogens is 1. The molecule has 5 heteroatoms. The second kappa shape index (κ2) is 5.25.